The molecule has 2 saturated heterocycles. The average molecular weight is 160 g/mol. The maximum absolute atomic E-state index is 8.63. The minimum absolute atomic E-state index is 0.0734. The lowest BCUT2D eigenvalue weighted by atomic mass is 9.92. The van der Waals surface area contributed by atoms with Crippen LogP contribution in [0.2, 0.25) is 0 Å². The van der Waals surface area contributed by atoms with Crippen molar-refractivity contribution in [3.05, 3.63) is 11.1 Å². The first-order valence-corrected chi connectivity index (χ1v) is 4.04. The highest BCUT2D eigenvalue weighted by Crippen LogP contribution is 2.39. The highest BCUT2D eigenvalue weighted by Gasteiger charge is 2.38. The molecule has 3 nitrogen and oxygen atoms in total. The minimum Gasteiger partial charge on any atom is -0.370 e. The lowest BCUT2D eigenvalue weighted by molar-refractivity contribution is 0.112. The van der Waals surface area contributed by atoms with E-state index in [2.05, 4.69) is 0 Å². The van der Waals surface area contributed by atoms with Crippen LogP contribution in [0.5, 0.6) is 0 Å². The zero-order chi connectivity index (χ0) is 8.55. The largest absolute Gasteiger partial charge is 0.370 e. The van der Waals surface area contributed by atoms with Gasteiger partial charge in [0.25, 0.3) is 0 Å². The van der Waals surface area contributed by atoms with Crippen LogP contribution in [0.4, 0.5) is 0 Å². The van der Waals surface area contributed by atoms with Crippen LogP contribution in [0, 0.1) is 22.7 Å². The zero-order valence-corrected chi connectivity index (χ0v) is 6.58. The van der Waals surface area contributed by atoms with E-state index in [1.807, 2.05) is 12.1 Å². The smallest absolute Gasteiger partial charge is 0.131 e. The van der Waals surface area contributed by atoms with Gasteiger partial charge < -0.3 is 4.74 Å². The third kappa shape index (κ3) is 0.913. The Morgan fingerprint density at radius 2 is 2.08 bits per heavy atom. The molecule has 60 valence electrons. The van der Waals surface area contributed by atoms with Crippen LogP contribution in [0.3, 0.4) is 0 Å². The van der Waals surface area contributed by atoms with Crippen molar-refractivity contribution in [3.63, 3.8) is 0 Å². The molecule has 2 bridgehead atoms. The number of ether oxygens (including phenoxy) is 1. The Hall–Kier alpha value is -1.32. The molecule has 0 aromatic carbocycles. The van der Waals surface area contributed by atoms with Gasteiger partial charge in [-0.25, -0.2) is 0 Å². The second kappa shape index (κ2) is 2.62. The van der Waals surface area contributed by atoms with Gasteiger partial charge in [-0.3, -0.25) is 0 Å². The van der Waals surface area contributed by atoms with Crippen LogP contribution >= 0.6 is 0 Å². The fraction of sp³-hybridized carbons (Fsp3) is 0.556. The van der Waals surface area contributed by atoms with Crippen LogP contribution in [0.15, 0.2) is 11.1 Å². The monoisotopic (exact) mass is 160 g/mol. The first kappa shape index (κ1) is 7.34. The van der Waals surface area contributed by atoms with Crippen LogP contribution in [-0.2, 0) is 4.74 Å². The summed E-state index contributed by atoms with van der Waals surface area (Å²) in [6.07, 6.45) is 3.21. The van der Waals surface area contributed by atoms with E-state index in [-0.39, 0.29) is 17.8 Å². The Bertz CT molecular complexity index is 302. The summed E-state index contributed by atoms with van der Waals surface area (Å²) in [5.74, 6) is 0. The molecule has 0 aromatic rings. The van der Waals surface area contributed by atoms with Gasteiger partial charge in [0, 0.05) is 0 Å². The van der Waals surface area contributed by atoms with Gasteiger partial charge in [0.1, 0.15) is 17.7 Å². The van der Waals surface area contributed by atoms with Crippen molar-refractivity contribution in [2.45, 2.75) is 31.5 Å². The molecule has 3 heteroatoms. The Morgan fingerprint density at radius 1 is 1.33 bits per heavy atom. The van der Waals surface area contributed by atoms with Gasteiger partial charge >= 0.3 is 0 Å². The number of hydrogen-bond donors (Lipinski definition) is 0. The molecular formula is C9H8N2O. The molecule has 2 aliphatic heterocycles. The quantitative estimate of drug-likeness (QED) is 0.501. The van der Waals surface area contributed by atoms with Gasteiger partial charge in [0.2, 0.25) is 0 Å². The molecular weight excluding hydrogens is 152 g/mol. The number of rotatable bonds is 0. The van der Waals surface area contributed by atoms with Crippen molar-refractivity contribution in [1.82, 2.24) is 0 Å². The second-order valence-electron chi connectivity index (χ2n) is 3.15. The van der Waals surface area contributed by atoms with E-state index in [0.717, 1.165) is 24.8 Å². The fourth-order valence-electron chi connectivity index (χ4n) is 1.92. The van der Waals surface area contributed by atoms with Gasteiger partial charge in [-0.1, -0.05) is 0 Å². The summed E-state index contributed by atoms with van der Waals surface area (Å²) in [6, 6.07) is 3.83. The summed E-state index contributed by atoms with van der Waals surface area (Å²) < 4.78 is 5.51. The molecule has 2 heterocycles. The van der Waals surface area contributed by atoms with Gasteiger partial charge in [-0.05, 0) is 24.8 Å². The van der Waals surface area contributed by atoms with Crippen LogP contribution in [-0.4, -0.2) is 12.2 Å². The van der Waals surface area contributed by atoms with E-state index in [4.69, 9.17) is 15.3 Å². The van der Waals surface area contributed by atoms with Crippen LogP contribution in [0.1, 0.15) is 19.3 Å². The highest BCUT2D eigenvalue weighted by atomic mass is 16.5. The molecule has 2 atom stereocenters. The lowest BCUT2D eigenvalue weighted by Gasteiger charge is -2.07. The van der Waals surface area contributed by atoms with Gasteiger partial charge in [-0.15, -0.1) is 0 Å². The summed E-state index contributed by atoms with van der Waals surface area (Å²) in [5.41, 5.74) is 1.19. The van der Waals surface area contributed by atoms with E-state index in [1.165, 1.54) is 0 Å². The van der Waals surface area contributed by atoms with Crippen molar-refractivity contribution in [2.24, 2.45) is 0 Å². The maximum Gasteiger partial charge on any atom is 0.131 e. The standard InChI is InChI=1S/C9H8N2O/c10-4-6(5-11)8-3-7-1-2-9(8)12-7/h7,9H,1-3H2. The Balaban J connectivity index is 2.33. The second-order valence-corrected chi connectivity index (χ2v) is 3.15. The molecule has 0 spiro atoms. The fourth-order valence-corrected chi connectivity index (χ4v) is 1.92. The molecule has 2 aliphatic rings. The number of fused-ring (bicyclic) bond motifs is 2. The van der Waals surface area contributed by atoms with Crippen molar-refractivity contribution in [3.8, 4) is 12.1 Å². The molecule has 0 saturated carbocycles. The van der Waals surface area contributed by atoms with Crippen LogP contribution in [0.25, 0.3) is 0 Å². The molecule has 12 heavy (non-hydrogen) atoms. The SMILES string of the molecule is N#CC(C#N)=C1CC2CCC1O2. The molecule has 2 fully saturated rings. The van der Waals surface area contributed by atoms with Crippen molar-refractivity contribution in [1.29, 1.82) is 10.5 Å². The molecule has 0 aliphatic carbocycles. The van der Waals surface area contributed by atoms with E-state index >= 15 is 0 Å². The Labute approximate surface area is 70.9 Å². The first-order valence-electron chi connectivity index (χ1n) is 4.04. The normalized spacial score (nSPS) is 31.3. The first-order chi connectivity index (χ1) is 5.85. The van der Waals surface area contributed by atoms with Crippen molar-refractivity contribution in [2.75, 3.05) is 0 Å². The third-order valence-electron chi connectivity index (χ3n) is 2.49. The topological polar surface area (TPSA) is 56.8 Å². The van der Waals surface area contributed by atoms with E-state index < -0.39 is 0 Å². The zero-order valence-electron chi connectivity index (χ0n) is 6.58. The molecule has 2 rings (SSSR count). The van der Waals surface area contributed by atoms with Crippen molar-refractivity contribution < 1.29 is 4.74 Å². The molecule has 2 unspecified atom stereocenters. The minimum atomic E-state index is 0.0734. The Kier molecular flexibility index (Phi) is 1.60. The summed E-state index contributed by atoms with van der Waals surface area (Å²) >= 11 is 0. The van der Waals surface area contributed by atoms with Gasteiger partial charge in [0.05, 0.1) is 12.2 Å². The number of nitriles is 2. The number of hydrogen-bond acceptors (Lipinski definition) is 3. The molecule has 0 radical (unpaired) electrons. The van der Waals surface area contributed by atoms with E-state index in [0.29, 0.717) is 0 Å². The van der Waals surface area contributed by atoms with E-state index in [9.17, 15) is 0 Å². The molecule has 0 N–H and O–H groups in total. The Morgan fingerprint density at radius 3 is 2.50 bits per heavy atom. The summed E-state index contributed by atoms with van der Waals surface area (Å²) in [6.45, 7) is 0. The lowest BCUT2D eigenvalue weighted by Crippen LogP contribution is -2.07. The summed E-state index contributed by atoms with van der Waals surface area (Å²) in [7, 11) is 0. The molecule has 0 aromatic heterocycles. The predicted octanol–water partition coefficient (Wildman–Crippen LogP) is 1.28. The van der Waals surface area contributed by atoms with E-state index in [1.54, 1.807) is 0 Å². The summed E-state index contributed by atoms with van der Waals surface area (Å²) in [4.78, 5) is 0. The van der Waals surface area contributed by atoms with Crippen molar-refractivity contribution >= 4 is 0 Å². The summed E-state index contributed by atoms with van der Waals surface area (Å²) in [5, 5.41) is 17.3. The number of allylic oxidation sites excluding steroid dienone is 1. The maximum atomic E-state index is 8.63. The third-order valence-corrected chi connectivity index (χ3v) is 2.49. The average Bonchev–Trinajstić information content (AvgIpc) is 2.67. The number of nitrogens with zero attached hydrogens (tertiary/aromatic N) is 2. The van der Waals surface area contributed by atoms with Gasteiger partial charge in [-0.2, -0.15) is 10.5 Å². The molecule has 0 amide bonds. The predicted molar refractivity (Wildman–Crippen MR) is 40.8 cm³/mol. The van der Waals surface area contributed by atoms with Gasteiger partial charge in [0.15, 0.2) is 0 Å². The highest BCUT2D eigenvalue weighted by molar-refractivity contribution is 5.43. The van der Waals surface area contributed by atoms with Crippen LogP contribution < -0.4 is 0 Å².